The van der Waals surface area contributed by atoms with E-state index in [2.05, 4.69) is 39.8 Å². The van der Waals surface area contributed by atoms with Gasteiger partial charge >= 0.3 is 0 Å². The van der Waals surface area contributed by atoms with Crippen LogP contribution in [-0.4, -0.2) is 41.8 Å². The molecule has 1 aliphatic rings. The highest BCUT2D eigenvalue weighted by molar-refractivity contribution is 6.07. The zero-order valence-corrected chi connectivity index (χ0v) is 19.2. The molecule has 0 fully saturated rings. The maximum absolute atomic E-state index is 12.7. The number of carbonyl (C=O) groups excluding carboxylic acids is 1. The summed E-state index contributed by atoms with van der Waals surface area (Å²) in [5.74, 6) is 0.659. The van der Waals surface area contributed by atoms with Crippen molar-refractivity contribution in [2.24, 2.45) is 0 Å². The fourth-order valence-corrected chi connectivity index (χ4v) is 4.71. The molecule has 5 nitrogen and oxygen atoms in total. The van der Waals surface area contributed by atoms with E-state index in [0.717, 1.165) is 35.2 Å². The number of hydrogen-bond acceptors (Lipinski definition) is 4. The van der Waals surface area contributed by atoms with Gasteiger partial charge in [0.1, 0.15) is 5.75 Å². The quantitative estimate of drug-likeness (QED) is 0.303. The Morgan fingerprint density at radius 3 is 2.62 bits per heavy atom. The van der Waals surface area contributed by atoms with Crippen molar-refractivity contribution in [1.82, 2.24) is 4.57 Å². The number of aliphatic hydroxyl groups is 1. The molecule has 1 aromatic heterocycles. The van der Waals surface area contributed by atoms with Crippen molar-refractivity contribution >= 4 is 28.4 Å². The molecule has 1 atom stereocenters. The van der Waals surface area contributed by atoms with Crippen LogP contribution in [0.2, 0.25) is 0 Å². The van der Waals surface area contributed by atoms with Gasteiger partial charge in [-0.2, -0.15) is 0 Å². The molecule has 0 spiro atoms. The standard InChI is InChI=1S/C29H28N2O3/c1-34-25-13-10-22(11-14-25)29(33)15-12-23-18-31(28-9-5-3-7-26(23)28)20-24(32)19-30-17-16-21-6-2-4-8-27(21)30/h2-15,18,24,32H,16-17,19-20H2,1H3. The number of ether oxygens (including phenoxy) is 1. The van der Waals surface area contributed by atoms with Crippen molar-refractivity contribution in [1.29, 1.82) is 0 Å². The lowest BCUT2D eigenvalue weighted by Crippen LogP contribution is -2.33. The summed E-state index contributed by atoms with van der Waals surface area (Å²) in [6.45, 7) is 2.01. The maximum atomic E-state index is 12.7. The van der Waals surface area contributed by atoms with E-state index < -0.39 is 6.10 Å². The summed E-state index contributed by atoms with van der Waals surface area (Å²) >= 11 is 0. The normalized spacial score (nSPS) is 14.0. The van der Waals surface area contributed by atoms with E-state index in [1.807, 2.05) is 30.5 Å². The van der Waals surface area contributed by atoms with Crippen LogP contribution in [0, 0.1) is 0 Å². The van der Waals surface area contributed by atoms with Gasteiger partial charge in [0, 0.05) is 47.0 Å². The number of rotatable bonds is 8. The number of nitrogens with zero attached hydrogens (tertiary/aromatic N) is 2. The minimum Gasteiger partial charge on any atom is -0.497 e. The zero-order chi connectivity index (χ0) is 23.5. The van der Waals surface area contributed by atoms with Gasteiger partial charge in [0.2, 0.25) is 0 Å². The first-order valence-corrected chi connectivity index (χ1v) is 11.6. The van der Waals surface area contributed by atoms with Crippen molar-refractivity contribution in [2.75, 3.05) is 25.1 Å². The van der Waals surface area contributed by atoms with Crippen LogP contribution in [0.15, 0.2) is 85.1 Å². The van der Waals surface area contributed by atoms with Crippen LogP contribution in [0.5, 0.6) is 5.75 Å². The number of ketones is 1. The molecule has 2 heterocycles. The molecule has 1 aliphatic heterocycles. The summed E-state index contributed by atoms with van der Waals surface area (Å²) in [4.78, 5) is 14.9. The third kappa shape index (κ3) is 4.47. The minimum atomic E-state index is -0.514. The van der Waals surface area contributed by atoms with Crippen LogP contribution in [0.4, 0.5) is 5.69 Å². The molecule has 5 rings (SSSR count). The van der Waals surface area contributed by atoms with E-state index in [-0.39, 0.29) is 5.78 Å². The SMILES string of the molecule is COc1ccc(C(=O)C=Cc2cn(CC(O)CN3CCc4ccccc43)c3ccccc23)cc1. The molecule has 4 aromatic rings. The summed E-state index contributed by atoms with van der Waals surface area (Å²) in [5, 5.41) is 12.0. The van der Waals surface area contributed by atoms with Crippen LogP contribution in [0.3, 0.4) is 0 Å². The predicted molar refractivity (Wildman–Crippen MR) is 137 cm³/mol. The predicted octanol–water partition coefficient (Wildman–Crippen LogP) is 4.97. The van der Waals surface area contributed by atoms with Gasteiger partial charge in [-0.3, -0.25) is 4.79 Å². The molecule has 0 radical (unpaired) electrons. The number of aliphatic hydroxyl groups excluding tert-OH is 1. The van der Waals surface area contributed by atoms with Gasteiger partial charge in [0.05, 0.1) is 19.8 Å². The van der Waals surface area contributed by atoms with Crippen molar-refractivity contribution in [3.8, 4) is 5.75 Å². The fourth-order valence-electron chi connectivity index (χ4n) is 4.71. The van der Waals surface area contributed by atoms with Crippen LogP contribution < -0.4 is 9.64 Å². The number of benzene rings is 3. The lowest BCUT2D eigenvalue weighted by atomic mass is 10.1. The molecule has 0 bridgehead atoms. The van der Waals surface area contributed by atoms with Gasteiger partial charge in [-0.1, -0.05) is 36.4 Å². The third-order valence-corrected chi connectivity index (χ3v) is 6.43. The first kappa shape index (κ1) is 22.0. The lowest BCUT2D eigenvalue weighted by Gasteiger charge is -2.23. The van der Waals surface area contributed by atoms with Crippen LogP contribution in [-0.2, 0) is 13.0 Å². The largest absolute Gasteiger partial charge is 0.497 e. The number of β-amino-alcohol motifs (C(OH)–C–C–N with tert-alkyl or cyclic N) is 1. The Kier molecular flexibility index (Phi) is 6.19. The Bertz CT molecular complexity index is 1340. The van der Waals surface area contributed by atoms with Gasteiger partial charge < -0.3 is 19.3 Å². The van der Waals surface area contributed by atoms with Crippen molar-refractivity contribution in [3.63, 3.8) is 0 Å². The number of carbonyl (C=O) groups is 1. The Morgan fingerprint density at radius 2 is 1.79 bits per heavy atom. The molecule has 172 valence electrons. The van der Waals surface area contributed by atoms with Crippen LogP contribution in [0.1, 0.15) is 21.5 Å². The number of aromatic nitrogens is 1. The Hall–Kier alpha value is -3.83. The van der Waals surface area contributed by atoms with Crippen molar-refractivity contribution in [3.05, 3.63) is 102 Å². The van der Waals surface area contributed by atoms with Crippen molar-refractivity contribution in [2.45, 2.75) is 19.1 Å². The van der Waals surface area contributed by atoms with E-state index >= 15 is 0 Å². The Labute approximate surface area is 199 Å². The first-order valence-electron chi connectivity index (χ1n) is 11.6. The molecule has 34 heavy (non-hydrogen) atoms. The van der Waals surface area contributed by atoms with Gasteiger partial charge in [0.15, 0.2) is 5.78 Å². The second-order valence-corrected chi connectivity index (χ2v) is 8.66. The number of para-hydroxylation sites is 2. The summed E-state index contributed by atoms with van der Waals surface area (Å²) in [5.41, 5.74) is 5.17. The zero-order valence-electron chi connectivity index (χ0n) is 19.2. The monoisotopic (exact) mass is 452 g/mol. The molecule has 0 saturated carbocycles. The van der Waals surface area contributed by atoms with Crippen LogP contribution >= 0.6 is 0 Å². The molecule has 1 unspecified atom stereocenters. The Balaban J connectivity index is 1.33. The number of allylic oxidation sites excluding steroid dienone is 1. The second-order valence-electron chi connectivity index (χ2n) is 8.66. The lowest BCUT2D eigenvalue weighted by molar-refractivity contribution is 0.104. The highest BCUT2D eigenvalue weighted by Crippen LogP contribution is 2.28. The Morgan fingerprint density at radius 1 is 1.03 bits per heavy atom. The van der Waals surface area contributed by atoms with E-state index in [9.17, 15) is 9.90 Å². The number of methoxy groups -OCH3 is 1. The van der Waals surface area contributed by atoms with Gasteiger partial charge in [0.25, 0.3) is 0 Å². The molecule has 0 amide bonds. The van der Waals surface area contributed by atoms with Gasteiger partial charge in [-0.05, 0) is 60.5 Å². The average Bonchev–Trinajstić information content (AvgIpc) is 3.44. The van der Waals surface area contributed by atoms with Crippen LogP contribution in [0.25, 0.3) is 17.0 Å². The van der Waals surface area contributed by atoms with E-state index in [4.69, 9.17) is 4.74 Å². The number of hydrogen-bond donors (Lipinski definition) is 1. The summed E-state index contributed by atoms with van der Waals surface area (Å²) in [7, 11) is 1.60. The smallest absolute Gasteiger partial charge is 0.185 e. The van der Waals surface area contributed by atoms with Crippen molar-refractivity contribution < 1.29 is 14.6 Å². The highest BCUT2D eigenvalue weighted by atomic mass is 16.5. The summed E-state index contributed by atoms with van der Waals surface area (Å²) < 4.78 is 7.25. The summed E-state index contributed by atoms with van der Waals surface area (Å²) in [6, 6.07) is 23.6. The maximum Gasteiger partial charge on any atom is 0.185 e. The number of fused-ring (bicyclic) bond motifs is 2. The number of anilines is 1. The average molecular weight is 453 g/mol. The highest BCUT2D eigenvalue weighted by Gasteiger charge is 2.21. The molecule has 5 heteroatoms. The molecule has 1 N–H and O–H groups in total. The second kappa shape index (κ2) is 9.57. The van der Waals surface area contributed by atoms with E-state index in [1.54, 1.807) is 37.5 Å². The minimum absolute atomic E-state index is 0.0628. The van der Waals surface area contributed by atoms with E-state index in [0.29, 0.717) is 18.7 Å². The molecule has 0 saturated heterocycles. The van der Waals surface area contributed by atoms with E-state index in [1.165, 1.54) is 11.3 Å². The van der Waals surface area contributed by atoms with Gasteiger partial charge in [-0.25, -0.2) is 0 Å². The first-order chi connectivity index (χ1) is 16.6. The summed E-state index contributed by atoms with van der Waals surface area (Å²) in [6.07, 6.45) is 5.98. The molecular formula is C29H28N2O3. The molecular weight excluding hydrogens is 424 g/mol. The topological polar surface area (TPSA) is 54.7 Å². The molecule has 0 aliphatic carbocycles. The molecule has 3 aromatic carbocycles. The fraction of sp³-hybridized carbons (Fsp3) is 0.207. The van der Waals surface area contributed by atoms with Gasteiger partial charge in [-0.15, -0.1) is 0 Å². The third-order valence-electron chi connectivity index (χ3n) is 6.43.